The largest absolute Gasteiger partial charge is 0.385 e. The summed E-state index contributed by atoms with van der Waals surface area (Å²) >= 11 is 3.36. The minimum atomic E-state index is -0.338. The van der Waals surface area contributed by atoms with Crippen molar-refractivity contribution in [2.24, 2.45) is 5.92 Å². The van der Waals surface area contributed by atoms with Crippen LogP contribution < -0.4 is 5.32 Å². The molecule has 152 valence electrons. The molecule has 2 aromatic carbocycles. The van der Waals surface area contributed by atoms with Gasteiger partial charge in [-0.05, 0) is 43.4 Å². The number of halogens is 1. The van der Waals surface area contributed by atoms with Crippen molar-refractivity contribution < 1.29 is 14.4 Å². The van der Waals surface area contributed by atoms with E-state index in [2.05, 4.69) is 21.2 Å². The van der Waals surface area contributed by atoms with Crippen LogP contribution in [0, 0.1) is 23.0 Å². The normalized spacial score (nSPS) is 12.0. The average molecular weight is 451 g/mol. The molecular weight excluding hydrogens is 424 g/mol. The van der Waals surface area contributed by atoms with E-state index in [9.17, 15) is 10.1 Å². The second-order valence-electron chi connectivity index (χ2n) is 6.68. The van der Waals surface area contributed by atoms with Crippen LogP contribution in [-0.2, 0) is 16.1 Å². The van der Waals surface area contributed by atoms with Crippen molar-refractivity contribution in [1.29, 1.82) is 0 Å². The van der Waals surface area contributed by atoms with Crippen molar-refractivity contribution in [1.82, 2.24) is 0 Å². The molecule has 2 rings (SSSR count). The van der Waals surface area contributed by atoms with E-state index >= 15 is 0 Å². The monoisotopic (exact) mass is 450 g/mol. The van der Waals surface area contributed by atoms with Gasteiger partial charge in [0.15, 0.2) is 0 Å². The summed E-state index contributed by atoms with van der Waals surface area (Å²) in [7, 11) is 1.68. The minimum Gasteiger partial charge on any atom is -0.385 e. The molecule has 2 aromatic rings. The number of nitro groups is 1. The lowest BCUT2D eigenvalue weighted by Gasteiger charge is -2.18. The highest BCUT2D eigenvalue weighted by atomic mass is 79.9. The number of rotatable bonds is 12. The maximum absolute atomic E-state index is 11.5. The quantitative estimate of drug-likeness (QED) is 0.268. The molecular formula is C21H27BrN2O4. The Morgan fingerprint density at radius 3 is 2.54 bits per heavy atom. The summed E-state index contributed by atoms with van der Waals surface area (Å²) in [5, 5.41) is 14.7. The summed E-state index contributed by atoms with van der Waals surface area (Å²) in [6.07, 6.45) is 1.72. The Morgan fingerprint density at radius 2 is 1.86 bits per heavy atom. The zero-order valence-corrected chi connectivity index (χ0v) is 17.9. The van der Waals surface area contributed by atoms with Gasteiger partial charge in [0.2, 0.25) is 0 Å². The third kappa shape index (κ3) is 6.89. The van der Waals surface area contributed by atoms with Crippen molar-refractivity contribution >= 4 is 27.3 Å². The first kappa shape index (κ1) is 22.3. The molecule has 1 atom stereocenters. The van der Waals surface area contributed by atoms with Crippen LogP contribution in [0.2, 0.25) is 0 Å². The summed E-state index contributed by atoms with van der Waals surface area (Å²) in [6, 6.07) is 13.6. The van der Waals surface area contributed by atoms with Crippen LogP contribution in [0.1, 0.15) is 24.0 Å². The van der Waals surface area contributed by atoms with Crippen molar-refractivity contribution in [2.75, 3.05) is 32.2 Å². The molecule has 0 aromatic heterocycles. The Bertz CT molecular complexity index is 756. The van der Waals surface area contributed by atoms with Gasteiger partial charge >= 0.3 is 0 Å². The lowest BCUT2D eigenvalue weighted by Crippen LogP contribution is -2.19. The number of nitrogens with zero attached hydrogens (tertiary/aromatic N) is 1. The van der Waals surface area contributed by atoms with Gasteiger partial charge in [0.05, 0.1) is 11.5 Å². The molecule has 0 amide bonds. The van der Waals surface area contributed by atoms with Crippen LogP contribution in [0.4, 0.5) is 11.4 Å². The minimum absolute atomic E-state index is 0.111. The molecule has 0 aliphatic heterocycles. The van der Waals surface area contributed by atoms with Crippen LogP contribution in [0.15, 0.2) is 46.9 Å². The maximum Gasteiger partial charge on any atom is 0.296 e. The van der Waals surface area contributed by atoms with Gasteiger partial charge < -0.3 is 14.8 Å². The number of nitrogens with one attached hydrogen (secondary N) is 1. The van der Waals surface area contributed by atoms with Crippen molar-refractivity contribution in [2.45, 2.75) is 26.4 Å². The summed E-state index contributed by atoms with van der Waals surface area (Å²) < 4.78 is 11.7. The zero-order chi connectivity index (χ0) is 20.4. The summed E-state index contributed by atoms with van der Waals surface area (Å²) in [5.41, 5.74) is 2.42. The van der Waals surface area contributed by atoms with Crippen molar-refractivity contribution in [3.63, 3.8) is 0 Å². The molecule has 0 radical (unpaired) electrons. The highest BCUT2D eigenvalue weighted by Crippen LogP contribution is 2.33. The van der Waals surface area contributed by atoms with Gasteiger partial charge in [-0.25, -0.2) is 0 Å². The third-order valence-electron chi connectivity index (χ3n) is 4.64. The molecule has 1 unspecified atom stereocenters. The molecule has 0 spiro atoms. The van der Waals surface area contributed by atoms with E-state index in [0.29, 0.717) is 43.5 Å². The first-order valence-corrected chi connectivity index (χ1v) is 10.1. The van der Waals surface area contributed by atoms with Gasteiger partial charge in [-0.3, -0.25) is 10.1 Å². The van der Waals surface area contributed by atoms with Gasteiger partial charge in [0, 0.05) is 36.9 Å². The molecule has 0 saturated carbocycles. The van der Waals surface area contributed by atoms with Gasteiger partial charge in [-0.2, -0.15) is 0 Å². The molecule has 0 fully saturated rings. The predicted molar refractivity (Wildman–Crippen MR) is 115 cm³/mol. The molecule has 1 N–H and O–H groups in total. The summed E-state index contributed by atoms with van der Waals surface area (Å²) in [5.74, 6) is 0.291. The average Bonchev–Trinajstić information content (AvgIpc) is 2.69. The second kappa shape index (κ2) is 11.8. The van der Waals surface area contributed by atoms with Crippen LogP contribution in [-0.4, -0.2) is 31.8 Å². The lowest BCUT2D eigenvalue weighted by molar-refractivity contribution is -0.384. The van der Waals surface area contributed by atoms with Crippen LogP contribution in [0.25, 0.3) is 0 Å². The third-order valence-corrected chi connectivity index (χ3v) is 5.50. The van der Waals surface area contributed by atoms with Crippen LogP contribution >= 0.6 is 15.9 Å². The van der Waals surface area contributed by atoms with Gasteiger partial charge in [-0.1, -0.05) is 46.3 Å². The first-order chi connectivity index (χ1) is 13.5. The number of benzene rings is 2. The Kier molecular flexibility index (Phi) is 9.40. The number of nitro benzene ring substituents is 1. The number of hydrogen-bond acceptors (Lipinski definition) is 5. The second-order valence-corrected chi connectivity index (χ2v) is 7.54. The van der Waals surface area contributed by atoms with Gasteiger partial charge in [-0.15, -0.1) is 0 Å². The summed E-state index contributed by atoms with van der Waals surface area (Å²) in [4.78, 5) is 11.1. The fraction of sp³-hybridized carbons (Fsp3) is 0.429. The highest BCUT2D eigenvalue weighted by Gasteiger charge is 2.20. The first-order valence-electron chi connectivity index (χ1n) is 9.31. The van der Waals surface area contributed by atoms with Crippen LogP contribution in [0.5, 0.6) is 0 Å². The van der Waals surface area contributed by atoms with Crippen LogP contribution in [0.3, 0.4) is 0 Å². The number of methoxy groups -OCH3 is 1. The van der Waals surface area contributed by atoms with E-state index < -0.39 is 0 Å². The van der Waals surface area contributed by atoms with E-state index in [1.165, 1.54) is 0 Å². The Morgan fingerprint density at radius 1 is 1.14 bits per heavy atom. The number of hydrogen-bond donors (Lipinski definition) is 1. The maximum atomic E-state index is 11.5. The summed E-state index contributed by atoms with van der Waals surface area (Å²) in [6.45, 7) is 4.23. The van der Waals surface area contributed by atoms with Crippen molar-refractivity contribution in [3.05, 3.63) is 68.2 Å². The van der Waals surface area contributed by atoms with E-state index in [-0.39, 0.29) is 10.6 Å². The highest BCUT2D eigenvalue weighted by molar-refractivity contribution is 9.10. The van der Waals surface area contributed by atoms with Gasteiger partial charge in [0.25, 0.3) is 5.69 Å². The topological polar surface area (TPSA) is 73.6 Å². The smallest absolute Gasteiger partial charge is 0.296 e. The molecule has 7 heteroatoms. The molecule has 0 aliphatic rings. The Hall–Kier alpha value is -1.96. The molecule has 0 aliphatic carbocycles. The van der Waals surface area contributed by atoms with Crippen molar-refractivity contribution in [3.8, 4) is 0 Å². The van der Waals surface area contributed by atoms with E-state index in [4.69, 9.17) is 9.47 Å². The Labute approximate surface area is 174 Å². The predicted octanol–water partition coefficient (Wildman–Crippen LogP) is 5.34. The molecule has 0 bridgehead atoms. The number of anilines is 1. The fourth-order valence-electron chi connectivity index (χ4n) is 2.96. The Balaban J connectivity index is 1.91. The molecule has 0 heterocycles. The number of ether oxygens (including phenoxy) is 2. The van der Waals surface area contributed by atoms with Gasteiger partial charge in [0.1, 0.15) is 5.69 Å². The van der Waals surface area contributed by atoms with E-state index in [0.717, 1.165) is 22.9 Å². The molecule has 6 nitrogen and oxygen atoms in total. The molecule has 0 saturated heterocycles. The molecule has 28 heavy (non-hydrogen) atoms. The van der Waals surface area contributed by atoms with E-state index in [1.54, 1.807) is 20.1 Å². The fourth-order valence-corrected chi connectivity index (χ4v) is 3.27. The standard InChI is InChI=1S/C21H27BrN2O4/c1-16-19(22)8-9-20(21(16)24(25)26)23-14-17(10-12-27-2)11-13-28-15-18-6-4-3-5-7-18/h3-9,17,23H,10-15H2,1-2H3. The SMILES string of the molecule is COCCC(CCOCc1ccccc1)CNc1ccc(Br)c(C)c1[N+](=O)[O-]. The zero-order valence-electron chi connectivity index (χ0n) is 16.3. The van der Waals surface area contributed by atoms with E-state index in [1.807, 2.05) is 36.4 Å². The lowest BCUT2D eigenvalue weighted by atomic mass is 10.0.